The summed E-state index contributed by atoms with van der Waals surface area (Å²) in [5, 5.41) is 0. The Bertz CT molecular complexity index is 771. The molecule has 0 radical (unpaired) electrons. The fourth-order valence-corrected chi connectivity index (χ4v) is 4.73. The second-order valence-electron chi connectivity index (χ2n) is 6.73. The van der Waals surface area contributed by atoms with Crippen LogP contribution in [-0.2, 0) is 14.8 Å². The highest BCUT2D eigenvalue weighted by Crippen LogP contribution is 2.38. The standard InChI is InChI=1S/C17H25N3O5S/c1-24-15-4-3-13(11-14(15)16(18)21)26(22,23)19-12-17(5-2-6-17)20-7-9-25-10-8-20/h3-4,11,19H,2,5-10,12H2,1H3,(H2,18,21). The van der Waals surface area contributed by atoms with Crippen LogP contribution in [0.4, 0.5) is 0 Å². The Kier molecular flexibility index (Phi) is 5.52. The lowest BCUT2D eigenvalue weighted by Crippen LogP contribution is -2.62. The minimum atomic E-state index is -3.76. The van der Waals surface area contributed by atoms with Crippen molar-refractivity contribution in [2.24, 2.45) is 5.73 Å². The molecular formula is C17H25N3O5S. The number of methoxy groups -OCH3 is 1. The van der Waals surface area contributed by atoms with Gasteiger partial charge in [-0.05, 0) is 37.5 Å². The molecular weight excluding hydrogens is 358 g/mol. The lowest BCUT2D eigenvalue weighted by molar-refractivity contribution is -0.0527. The molecule has 1 aromatic carbocycles. The number of carbonyl (C=O) groups is 1. The molecule has 26 heavy (non-hydrogen) atoms. The lowest BCUT2D eigenvalue weighted by Gasteiger charge is -2.51. The van der Waals surface area contributed by atoms with Crippen LogP contribution in [0.5, 0.6) is 5.75 Å². The first kappa shape index (κ1) is 19.1. The van der Waals surface area contributed by atoms with Crippen molar-refractivity contribution in [2.75, 3.05) is 40.0 Å². The molecule has 2 fully saturated rings. The van der Waals surface area contributed by atoms with E-state index in [4.69, 9.17) is 15.2 Å². The number of hydrogen-bond donors (Lipinski definition) is 2. The predicted octanol–water partition coefficient (Wildman–Crippen LogP) is 0.327. The third kappa shape index (κ3) is 3.71. The van der Waals surface area contributed by atoms with Crippen molar-refractivity contribution in [3.05, 3.63) is 23.8 Å². The van der Waals surface area contributed by atoms with Crippen molar-refractivity contribution in [2.45, 2.75) is 29.7 Å². The number of primary amides is 1. The Morgan fingerprint density at radius 2 is 2.04 bits per heavy atom. The number of nitrogens with two attached hydrogens (primary N) is 1. The highest BCUT2D eigenvalue weighted by molar-refractivity contribution is 7.89. The second kappa shape index (κ2) is 7.51. The van der Waals surface area contributed by atoms with Gasteiger partial charge >= 0.3 is 0 Å². The Hall–Kier alpha value is -1.68. The van der Waals surface area contributed by atoms with E-state index in [0.717, 1.165) is 32.4 Å². The molecule has 144 valence electrons. The van der Waals surface area contributed by atoms with Crippen molar-refractivity contribution in [1.82, 2.24) is 9.62 Å². The van der Waals surface area contributed by atoms with E-state index in [9.17, 15) is 13.2 Å². The Morgan fingerprint density at radius 3 is 2.58 bits per heavy atom. The van der Waals surface area contributed by atoms with E-state index < -0.39 is 15.9 Å². The van der Waals surface area contributed by atoms with Gasteiger partial charge in [0.05, 0.1) is 30.8 Å². The zero-order valence-corrected chi connectivity index (χ0v) is 15.7. The van der Waals surface area contributed by atoms with Gasteiger partial charge in [-0.25, -0.2) is 13.1 Å². The summed E-state index contributed by atoms with van der Waals surface area (Å²) in [6.07, 6.45) is 3.02. The fourth-order valence-electron chi connectivity index (χ4n) is 3.59. The summed E-state index contributed by atoms with van der Waals surface area (Å²) < 4.78 is 38.6. The maximum absolute atomic E-state index is 12.7. The Labute approximate surface area is 153 Å². The number of hydrogen-bond acceptors (Lipinski definition) is 6. The molecule has 1 aromatic rings. The van der Waals surface area contributed by atoms with Crippen LogP contribution >= 0.6 is 0 Å². The fraction of sp³-hybridized carbons (Fsp3) is 0.588. The first-order valence-electron chi connectivity index (χ1n) is 8.68. The maximum atomic E-state index is 12.7. The van der Waals surface area contributed by atoms with E-state index in [1.54, 1.807) is 0 Å². The van der Waals surface area contributed by atoms with Crippen LogP contribution in [0.1, 0.15) is 29.6 Å². The highest BCUT2D eigenvalue weighted by atomic mass is 32.2. The van der Waals surface area contributed by atoms with Crippen LogP contribution in [0, 0.1) is 0 Å². The molecule has 2 aliphatic rings. The molecule has 8 nitrogen and oxygen atoms in total. The van der Waals surface area contributed by atoms with Gasteiger partial charge in [0.25, 0.3) is 5.91 Å². The first-order valence-corrected chi connectivity index (χ1v) is 10.2. The van der Waals surface area contributed by atoms with Crippen molar-refractivity contribution >= 4 is 15.9 Å². The van der Waals surface area contributed by atoms with Gasteiger partial charge in [0, 0.05) is 25.2 Å². The molecule has 3 N–H and O–H groups in total. The minimum absolute atomic E-state index is 0.00329. The van der Waals surface area contributed by atoms with Gasteiger partial charge in [-0.3, -0.25) is 9.69 Å². The maximum Gasteiger partial charge on any atom is 0.252 e. The molecule has 3 rings (SSSR count). The van der Waals surface area contributed by atoms with Crippen LogP contribution in [0.25, 0.3) is 0 Å². The summed E-state index contributed by atoms with van der Waals surface area (Å²) in [6.45, 7) is 3.32. The number of nitrogens with zero attached hydrogens (tertiary/aromatic N) is 1. The van der Waals surface area contributed by atoms with Crippen molar-refractivity contribution in [3.63, 3.8) is 0 Å². The molecule has 1 saturated heterocycles. The van der Waals surface area contributed by atoms with E-state index in [0.29, 0.717) is 19.8 Å². The summed E-state index contributed by atoms with van der Waals surface area (Å²) in [6, 6.07) is 4.11. The normalized spacial score (nSPS) is 20.3. The van der Waals surface area contributed by atoms with E-state index in [1.807, 2.05) is 0 Å². The Balaban J connectivity index is 1.76. The third-order valence-electron chi connectivity index (χ3n) is 5.30. The molecule has 1 aliphatic carbocycles. The molecule has 1 heterocycles. The van der Waals surface area contributed by atoms with Gasteiger partial charge in [-0.2, -0.15) is 0 Å². The van der Waals surface area contributed by atoms with Crippen molar-refractivity contribution < 1.29 is 22.7 Å². The van der Waals surface area contributed by atoms with Crippen LogP contribution in [-0.4, -0.2) is 64.7 Å². The summed E-state index contributed by atoms with van der Waals surface area (Å²) in [7, 11) is -2.36. The number of ether oxygens (including phenoxy) is 2. The second-order valence-corrected chi connectivity index (χ2v) is 8.50. The SMILES string of the molecule is COc1ccc(S(=O)(=O)NCC2(N3CCOCC3)CCC2)cc1C(N)=O. The lowest BCUT2D eigenvalue weighted by atomic mass is 9.75. The zero-order valence-electron chi connectivity index (χ0n) is 14.9. The van der Waals surface area contributed by atoms with Crippen LogP contribution in [0.2, 0.25) is 0 Å². The number of amides is 1. The van der Waals surface area contributed by atoms with Gasteiger partial charge in [0.1, 0.15) is 5.75 Å². The first-order chi connectivity index (χ1) is 12.4. The quantitative estimate of drug-likeness (QED) is 0.702. The van der Waals surface area contributed by atoms with Crippen molar-refractivity contribution in [3.8, 4) is 5.75 Å². The predicted molar refractivity (Wildman–Crippen MR) is 95.7 cm³/mol. The highest BCUT2D eigenvalue weighted by Gasteiger charge is 2.43. The number of nitrogens with one attached hydrogen (secondary N) is 1. The van der Waals surface area contributed by atoms with Gasteiger partial charge < -0.3 is 15.2 Å². The van der Waals surface area contributed by atoms with E-state index in [2.05, 4.69) is 9.62 Å². The summed E-state index contributed by atoms with van der Waals surface area (Å²) in [5.74, 6) is -0.483. The van der Waals surface area contributed by atoms with Gasteiger partial charge in [-0.1, -0.05) is 0 Å². The smallest absolute Gasteiger partial charge is 0.252 e. The molecule has 1 amide bonds. The number of sulfonamides is 1. The van der Waals surface area contributed by atoms with Gasteiger partial charge in [0.15, 0.2) is 0 Å². The van der Waals surface area contributed by atoms with Gasteiger partial charge in [0.2, 0.25) is 10.0 Å². The molecule has 0 atom stereocenters. The molecule has 1 aliphatic heterocycles. The topological polar surface area (TPSA) is 111 Å². The van der Waals surface area contributed by atoms with E-state index in [-0.39, 0.29) is 21.7 Å². The molecule has 1 saturated carbocycles. The van der Waals surface area contributed by atoms with Crippen LogP contribution < -0.4 is 15.2 Å². The monoisotopic (exact) mass is 383 g/mol. The summed E-state index contributed by atoms with van der Waals surface area (Å²) >= 11 is 0. The largest absolute Gasteiger partial charge is 0.496 e. The van der Waals surface area contributed by atoms with E-state index in [1.165, 1.54) is 25.3 Å². The number of morpholine rings is 1. The van der Waals surface area contributed by atoms with Crippen LogP contribution in [0.15, 0.2) is 23.1 Å². The number of rotatable bonds is 7. The molecule has 0 spiro atoms. The summed E-state index contributed by atoms with van der Waals surface area (Å²) in [5.41, 5.74) is 5.22. The minimum Gasteiger partial charge on any atom is -0.496 e. The zero-order chi connectivity index (χ0) is 18.8. The average molecular weight is 383 g/mol. The van der Waals surface area contributed by atoms with Gasteiger partial charge in [-0.15, -0.1) is 0 Å². The molecule has 0 unspecified atom stereocenters. The average Bonchev–Trinajstić information content (AvgIpc) is 2.61. The molecule has 0 aromatic heterocycles. The van der Waals surface area contributed by atoms with E-state index >= 15 is 0 Å². The summed E-state index contributed by atoms with van der Waals surface area (Å²) in [4.78, 5) is 13.9. The molecule has 9 heteroatoms. The third-order valence-corrected chi connectivity index (χ3v) is 6.70. The van der Waals surface area contributed by atoms with Crippen LogP contribution in [0.3, 0.4) is 0 Å². The number of carbonyl (C=O) groups excluding carboxylic acids is 1. The molecule has 0 bridgehead atoms. The number of benzene rings is 1. The Morgan fingerprint density at radius 1 is 1.35 bits per heavy atom. The van der Waals surface area contributed by atoms with Crippen molar-refractivity contribution in [1.29, 1.82) is 0 Å².